The lowest BCUT2D eigenvalue weighted by atomic mass is 10.1. The Balaban J connectivity index is 2.12. The highest BCUT2D eigenvalue weighted by Crippen LogP contribution is 2.37. The summed E-state index contributed by atoms with van der Waals surface area (Å²) in [6.07, 6.45) is -4.75. The van der Waals surface area contributed by atoms with Crippen LogP contribution in [0.25, 0.3) is 0 Å². The van der Waals surface area contributed by atoms with Gasteiger partial charge in [0.2, 0.25) is 0 Å². The van der Waals surface area contributed by atoms with Gasteiger partial charge in [-0.15, -0.1) is 0 Å². The molecule has 1 fully saturated rings. The van der Waals surface area contributed by atoms with E-state index in [0.717, 1.165) is 6.07 Å². The molecule has 1 aliphatic heterocycles. The molecule has 0 bridgehead atoms. The van der Waals surface area contributed by atoms with Gasteiger partial charge in [0.15, 0.2) is 9.84 Å². The van der Waals surface area contributed by atoms with Crippen LogP contribution in [0.15, 0.2) is 18.2 Å². The molecule has 2 rings (SSSR count). The lowest BCUT2D eigenvalue weighted by Gasteiger charge is -2.13. The summed E-state index contributed by atoms with van der Waals surface area (Å²) in [5.74, 6) is -0.317. The van der Waals surface area contributed by atoms with Crippen LogP contribution in [0.1, 0.15) is 12.0 Å². The van der Waals surface area contributed by atoms with Crippen molar-refractivity contribution in [2.45, 2.75) is 18.6 Å². The average molecular weight is 367 g/mol. The number of carbonyl (C=O) groups excluding carboxylic acids is 1. The zero-order valence-electron chi connectivity index (χ0n) is 12.0. The number of nitrogens with zero attached hydrogens (tertiary/aromatic N) is 1. The number of alkyl halides is 3. The first-order valence-corrected chi connectivity index (χ1v) is 8.44. The Bertz CT molecular complexity index is 779. The van der Waals surface area contributed by atoms with Crippen molar-refractivity contribution in [2.24, 2.45) is 0 Å². The minimum atomic E-state index is -4.96. The zero-order valence-corrected chi connectivity index (χ0v) is 12.8. The van der Waals surface area contributed by atoms with Crippen molar-refractivity contribution >= 4 is 27.2 Å². The van der Waals surface area contributed by atoms with Crippen molar-refractivity contribution in [1.82, 2.24) is 5.32 Å². The lowest BCUT2D eigenvalue weighted by Crippen LogP contribution is -2.38. The fourth-order valence-electron chi connectivity index (χ4n) is 2.26. The maximum absolute atomic E-state index is 12.8. The van der Waals surface area contributed by atoms with Crippen LogP contribution in [-0.4, -0.2) is 36.9 Å². The van der Waals surface area contributed by atoms with Crippen molar-refractivity contribution in [2.75, 3.05) is 16.8 Å². The molecular weight excluding hydrogens is 355 g/mol. The number of halogens is 3. The molecule has 1 heterocycles. The van der Waals surface area contributed by atoms with E-state index >= 15 is 0 Å². The fourth-order valence-corrected chi connectivity index (χ4v) is 3.93. The van der Waals surface area contributed by atoms with Gasteiger partial charge in [0.1, 0.15) is 5.56 Å². The van der Waals surface area contributed by atoms with Crippen LogP contribution in [0.3, 0.4) is 0 Å². The Kier molecular flexibility index (Phi) is 4.69. The number of sulfone groups is 1. The first-order chi connectivity index (χ1) is 11.0. The van der Waals surface area contributed by atoms with Gasteiger partial charge in [-0.05, 0) is 18.6 Å². The van der Waals surface area contributed by atoms with Crippen molar-refractivity contribution in [3.63, 3.8) is 0 Å². The van der Waals surface area contributed by atoms with E-state index in [4.69, 9.17) is 0 Å². The SMILES string of the molecule is O=C(Nc1ccc([N+](=O)[O-])c(C(F)(F)F)c1)N[C@H]1CCS(=O)(=O)C1. The summed E-state index contributed by atoms with van der Waals surface area (Å²) < 4.78 is 61.1. The number of benzene rings is 1. The molecule has 0 aliphatic carbocycles. The van der Waals surface area contributed by atoms with Crippen LogP contribution in [0.2, 0.25) is 0 Å². The van der Waals surface area contributed by atoms with E-state index in [-0.39, 0.29) is 23.6 Å². The molecule has 1 atom stereocenters. The molecule has 12 heteroatoms. The van der Waals surface area contributed by atoms with Gasteiger partial charge in [-0.25, -0.2) is 13.2 Å². The summed E-state index contributed by atoms with van der Waals surface area (Å²) in [6, 6.07) is 0.522. The number of urea groups is 1. The van der Waals surface area contributed by atoms with E-state index in [0.29, 0.717) is 12.1 Å². The maximum Gasteiger partial charge on any atom is 0.423 e. The number of hydrogen-bond acceptors (Lipinski definition) is 5. The average Bonchev–Trinajstić information content (AvgIpc) is 2.76. The predicted octanol–water partition coefficient (Wildman–Crippen LogP) is 1.92. The van der Waals surface area contributed by atoms with E-state index in [1.165, 1.54) is 0 Å². The monoisotopic (exact) mass is 367 g/mol. The second-order valence-electron chi connectivity index (χ2n) is 5.19. The molecule has 1 saturated heterocycles. The van der Waals surface area contributed by atoms with Crippen LogP contribution in [0, 0.1) is 10.1 Å². The van der Waals surface area contributed by atoms with Crippen LogP contribution < -0.4 is 10.6 Å². The molecule has 2 N–H and O–H groups in total. The van der Waals surface area contributed by atoms with Crippen LogP contribution in [-0.2, 0) is 16.0 Å². The fraction of sp³-hybridized carbons (Fsp3) is 0.417. The van der Waals surface area contributed by atoms with Gasteiger partial charge in [0.05, 0.1) is 16.4 Å². The quantitative estimate of drug-likeness (QED) is 0.625. The number of anilines is 1. The highest BCUT2D eigenvalue weighted by Gasteiger charge is 2.38. The first-order valence-electron chi connectivity index (χ1n) is 6.61. The number of nitro benzene ring substituents is 1. The van der Waals surface area contributed by atoms with Gasteiger partial charge in [-0.3, -0.25) is 10.1 Å². The van der Waals surface area contributed by atoms with Crippen molar-refractivity contribution in [3.8, 4) is 0 Å². The van der Waals surface area contributed by atoms with Crippen molar-refractivity contribution < 1.29 is 31.3 Å². The predicted molar refractivity (Wildman–Crippen MR) is 77.3 cm³/mol. The first kappa shape index (κ1) is 18.0. The summed E-state index contributed by atoms with van der Waals surface area (Å²) in [4.78, 5) is 21.2. The molecular formula is C12H12F3N3O5S. The third kappa shape index (κ3) is 4.34. The summed E-state index contributed by atoms with van der Waals surface area (Å²) in [7, 11) is -3.22. The Morgan fingerprint density at radius 2 is 2.00 bits per heavy atom. The minimum absolute atomic E-state index is 0.0757. The van der Waals surface area contributed by atoms with Gasteiger partial charge in [0, 0.05) is 17.8 Å². The molecule has 2 amide bonds. The smallest absolute Gasteiger partial charge is 0.334 e. The molecule has 0 spiro atoms. The summed E-state index contributed by atoms with van der Waals surface area (Å²) >= 11 is 0. The van der Waals surface area contributed by atoms with Gasteiger partial charge in [-0.1, -0.05) is 0 Å². The molecule has 0 radical (unpaired) electrons. The van der Waals surface area contributed by atoms with E-state index < -0.39 is 44.3 Å². The van der Waals surface area contributed by atoms with Crippen LogP contribution in [0.4, 0.5) is 29.3 Å². The maximum atomic E-state index is 12.8. The van der Waals surface area contributed by atoms with Crippen LogP contribution >= 0.6 is 0 Å². The largest absolute Gasteiger partial charge is 0.423 e. The number of hydrogen-bond donors (Lipinski definition) is 2. The van der Waals surface area contributed by atoms with Crippen LogP contribution in [0.5, 0.6) is 0 Å². The minimum Gasteiger partial charge on any atom is -0.334 e. The number of rotatable bonds is 3. The summed E-state index contributed by atoms with van der Waals surface area (Å²) in [5, 5.41) is 15.1. The third-order valence-corrected chi connectivity index (χ3v) is 5.09. The van der Waals surface area contributed by atoms with E-state index in [1.807, 2.05) is 0 Å². The molecule has 1 aromatic carbocycles. The molecule has 1 aliphatic rings. The van der Waals surface area contributed by atoms with Gasteiger partial charge in [-0.2, -0.15) is 13.2 Å². The third-order valence-electron chi connectivity index (χ3n) is 3.32. The molecule has 0 saturated carbocycles. The molecule has 132 valence electrons. The molecule has 8 nitrogen and oxygen atoms in total. The number of amides is 2. The van der Waals surface area contributed by atoms with E-state index in [1.54, 1.807) is 0 Å². The standard InChI is InChI=1S/C12H12F3N3O5S/c13-12(14,15)9-5-7(1-2-10(9)18(20)21)16-11(19)17-8-3-4-24(22,23)6-8/h1-2,5,8H,3-4,6H2,(H2,16,17,19)/t8-/m0/s1. The van der Waals surface area contributed by atoms with Gasteiger partial charge < -0.3 is 10.6 Å². The highest BCUT2D eigenvalue weighted by molar-refractivity contribution is 7.91. The molecule has 24 heavy (non-hydrogen) atoms. The van der Waals surface area contributed by atoms with E-state index in [2.05, 4.69) is 10.6 Å². The molecule has 0 aromatic heterocycles. The van der Waals surface area contributed by atoms with Crippen molar-refractivity contribution in [1.29, 1.82) is 0 Å². The summed E-state index contributed by atoms with van der Waals surface area (Å²) in [6.45, 7) is 0. The topological polar surface area (TPSA) is 118 Å². The van der Waals surface area contributed by atoms with Gasteiger partial charge in [0.25, 0.3) is 5.69 Å². The summed E-state index contributed by atoms with van der Waals surface area (Å²) in [5.41, 5.74) is -2.92. The normalized spacial score (nSPS) is 19.7. The molecule has 0 unspecified atom stereocenters. The highest BCUT2D eigenvalue weighted by atomic mass is 32.2. The lowest BCUT2D eigenvalue weighted by molar-refractivity contribution is -0.388. The Hall–Kier alpha value is -2.37. The Morgan fingerprint density at radius 1 is 1.33 bits per heavy atom. The van der Waals surface area contributed by atoms with Gasteiger partial charge >= 0.3 is 12.2 Å². The molecule has 1 aromatic rings. The Morgan fingerprint density at radius 3 is 2.50 bits per heavy atom. The second kappa shape index (κ2) is 6.26. The Labute approximate surface area is 134 Å². The second-order valence-corrected chi connectivity index (χ2v) is 7.41. The number of carbonyl (C=O) groups is 1. The number of nitro groups is 1. The van der Waals surface area contributed by atoms with Crippen molar-refractivity contribution in [3.05, 3.63) is 33.9 Å². The van der Waals surface area contributed by atoms with E-state index in [9.17, 15) is 36.5 Å². The zero-order chi connectivity index (χ0) is 18.1. The number of nitrogens with one attached hydrogen (secondary N) is 2.